The molecule has 2 aromatic rings. The summed E-state index contributed by atoms with van der Waals surface area (Å²) >= 11 is 0. The molecule has 0 bridgehead atoms. The minimum atomic E-state index is -0.0644. The number of hydrogen-bond donors (Lipinski definition) is 0. The van der Waals surface area contributed by atoms with Crippen LogP contribution in [0.15, 0.2) is 60.7 Å². The van der Waals surface area contributed by atoms with E-state index in [4.69, 9.17) is 0 Å². The Morgan fingerprint density at radius 1 is 0.792 bits per heavy atom. The van der Waals surface area contributed by atoms with Crippen LogP contribution in [-0.4, -0.2) is 16.7 Å². The largest absolute Gasteiger partial charge is 0.298 e. The number of carbonyl (C=O) groups excluding carboxylic acids is 1. The molecule has 1 atom stereocenters. The van der Waals surface area contributed by atoms with Crippen LogP contribution < -0.4 is 0 Å². The smallest absolute Gasteiger partial charge is 0.152 e. The van der Waals surface area contributed by atoms with E-state index in [0.29, 0.717) is 5.78 Å². The van der Waals surface area contributed by atoms with E-state index in [1.54, 1.807) is 0 Å². The van der Waals surface area contributed by atoms with Crippen molar-refractivity contribution in [3.63, 3.8) is 0 Å². The molecule has 0 saturated carbocycles. The number of Topliss-reactive ketones (excluding diaryl/α,β-unsaturated/α-hetero) is 1. The predicted octanol–water partition coefficient (Wildman–Crippen LogP) is 4.94. The van der Waals surface area contributed by atoms with Crippen molar-refractivity contribution in [1.82, 2.24) is 4.90 Å². The Morgan fingerprint density at radius 3 is 1.54 bits per heavy atom. The monoisotopic (exact) mass is 323 g/mol. The Balaban J connectivity index is 2.30. The zero-order chi connectivity index (χ0) is 17.5. The van der Waals surface area contributed by atoms with Crippen molar-refractivity contribution in [2.75, 3.05) is 0 Å². The normalized spacial score (nSPS) is 12.8. The second kappa shape index (κ2) is 8.79. The Bertz CT molecular complexity index is 577. The number of rotatable bonds is 8. The van der Waals surface area contributed by atoms with Gasteiger partial charge >= 0.3 is 0 Å². The van der Waals surface area contributed by atoms with Crippen LogP contribution in [0.3, 0.4) is 0 Å². The number of benzene rings is 2. The van der Waals surface area contributed by atoms with E-state index in [9.17, 15) is 4.79 Å². The van der Waals surface area contributed by atoms with Crippen molar-refractivity contribution < 1.29 is 4.79 Å². The second-order valence-electron chi connectivity index (χ2n) is 7.12. The van der Waals surface area contributed by atoms with E-state index < -0.39 is 0 Å². The Morgan fingerprint density at radius 2 is 1.21 bits per heavy atom. The van der Waals surface area contributed by atoms with Crippen LogP contribution in [0.5, 0.6) is 0 Å². The Hall–Kier alpha value is -1.93. The molecule has 0 amide bonds. The van der Waals surface area contributed by atoms with Crippen LogP contribution in [0.1, 0.15) is 38.8 Å². The van der Waals surface area contributed by atoms with Crippen molar-refractivity contribution in [3.8, 4) is 0 Å². The number of hydrogen-bond acceptors (Lipinski definition) is 2. The molecule has 0 N–H and O–H groups in total. The van der Waals surface area contributed by atoms with Gasteiger partial charge in [0.05, 0.1) is 6.04 Å². The standard InChI is InChI=1S/C22H29NO/c1-17(2)21(22(24)18(3)4)23(15-19-11-7-5-8-12-19)16-20-13-9-6-10-14-20/h5-14,17-18,21H,15-16H2,1-4H3. The molecule has 128 valence electrons. The van der Waals surface area contributed by atoms with Gasteiger partial charge in [-0.25, -0.2) is 0 Å². The maximum atomic E-state index is 12.9. The van der Waals surface area contributed by atoms with Crippen molar-refractivity contribution in [3.05, 3.63) is 71.8 Å². The molecule has 2 nitrogen and oxygen atoms in total. The van der Waals surface area contributed by atoms with Gasteiger partial charge in [0, 0.05) is 19.0 Å². The summed E-state index contributed by atoms with van der Waals surface area (Å²) in [4.78, 5) is 15.2. The molecular formula is C22H29NO. The third-order valence-corrected chi connectivity index (χ3v) is 4.34. The lowest BCUT2D eigenvalue weighted by molar-refractivity contribution is -0.129. The van der Waals surface area contributed by atoms with Gasteiger partial charge in [0.1, 0.15) is 0 Å². The molecule has 2 rings (SSSR count). The first-order valence-corrected chi connectivity index (χ1v) is 8.84. The minimum Gasteiger partial charge on any atom is -0.298 e. The van der Waals surface area contributed by atoms with Gasteiger partial charge < -0.3 is 0 Å². The average Bonchev–Trinajstić information content (AvgIpc) is 2.56. The van der Waals surface area contributed by atoms with Gasteiger partial charge in [0.2, 0.25) is 0 Å². The summed E-state index contributed by atoms with van der Waals surface area (Å²) in [6.07, 6.45) is 0. The summed E-state index contributed by atoms with van der Waals surface area (Å²) in [5.41, 5.74) is 2.49. The Kier molecular flexibility index (Phi) is 6.74. The Labute approximate surface area is 146 Å². The van der Waals surface area contributed by atoms with E-state index in [1.807, 2.05) is 26.0 Å². The van der Waals surface area contributed by atoms with Crippen molar-refractivity contribution in [2.24, 2.45) is 11.8 Å². The lowest BCUT2D eigenvalue weighted by atomic mass is 9.90. The fraction of sp³-hybridized carbons (Fsp3) is 0.409. The van der Waals surface area contributed by atoms with Crippen LogP contribution in [-0.2, 0) is 17.9 Å². The summed E-state index contributed by atoms with van der Waals surface area (Å²) in [5.74, 6) is 0.663. The highest BCUT2D eigenvalue weighted by Gasteiger charge is 2.30. The van der Waals surface area contributed by atoms with Crippen LogP contribution in [0.2, 0.25) is 0 Å². The maximum absolute atomic E-state index is 12.9. The van der Waals surface area contributed by atoms with Gasteiger partial charge in [0.25, 0.3) is 0 Å². The summed E-state index contributed by atoms with van der Waals surface area (Å²) in [6.45, 7) is 9.87. The van der Waals surface area contributed by atoms with E-state index in [1.165, 1.54) is 11.1 Å². The van der Waals surface area contributed by atoms with Gasteiger partial charge in [-0.3, -0.25) is 9.69 Å². The first-order chi connectivity index (χ1) is 11.5. The zero-order valence-corrected chi connectivity index (χ0v) is 15.3. The first-order valence-electron chi connectivity index (χ1n) is 8.84. The van der Waals surface area contributed by atoms with E-state index in [2.05, 4.69) is 67.3 Å². The molecule has 0 heterocycles. The van der Waals surface area contributed by atoms with Crippen molar-refractivity contribution in [1.29, 1.82) is 0 Å². The zero-order valence-electron chi connectivity index (χ0n) is 15.3. The molecule has 2 aromatic carbocycles. The molecule has 0 aliphatic carbocycles. The minimum absolute atomic E-state index is 0.0476. The second-order valence-corrected chi connectivity index (χ2v) is 7.12. The number of nitrogens with zero attached hydrogens (tertiary/aromatic N) is 1. The van der Waals surface area contributed by atoms with Gasteiger partial charge in [-0.1, -0.05) is 88.4 Å². The van der Waals surface area contributed by atoms with E-state index in [0.717, 1.165) is 13.1 Å². The highest BCUT2D eigenvalue weighted by Crippen LogP contribution is 2.21. The van der Waals surface area contributed by atoms with E-state index >= 15 is 0 Å². The number of carbonyl (C=O) groups is 1. The SMILES string of the molecule is CC(C)C(=O)C(C(C)C)N(Cc1ccccc1)Cc1ccccc1. The van der Waals surface area contributed by atoms with Crippen LogP contribution in [0.4, 0.5) is 0 Å². The van der Waals surface area contributed by atoms with E-state index in [-0.39, 0.29) is 17.9 Å². The summed E-state index contributed by atoms with van der Waals surface area (Å²) in [5, 5.41) is 0. The molecule has 0 radical (unpaired) electrons. The topological polar surface area (TPSA) is 20.3 Å². The van der Waals surface area contributed by atoms with Gasteiger partial charge in [-0.15, -0.1) is 0 Å². The first kappa shape index (κ1) is 18.4. The molecule has 0 saturated heterocycles. The lowest BCUT2D eigenvalue weighted by Gasteiger charge is -2.34. The molecule has 0 aliphatic heterocycles. The maximum Gasteiger partial charge on any atom is 0.152 e. The molecule has 0 fully saturated rings. The average molecular weight is 323 g/mol. The lowest BCUT2D eigenvalue weighted by Crippen LogP contribution is -2.45. The molecule has 0 aromatic heterocycles. The highest BCUT2D eigenvalue weighted by atomic mass is 16.1. The fourth-order valence-electron chi connectivity index (χ4n) is 3.16. The van der Waals surface area contributed by atoms with Gasteiger partial charge in [0.15, 0.2) is 5.78 Å². The van der Waals surface area contributed by atoms with Gasteiger partial charge in [-0.05, 0) is 17.0 Å². The molecule has 2 heteroatoms. The summed E-state index contributed by atoms with van der Waals surface area (Å²) < 4.78 is 0. The van der Waals surface area contributed by atoms with Crippen LogP contribution in [0.25, 0.3) is 0 Å². The molecule has 0 spiro atoms. The molecule has 24 heavy (non-hydrogen) atoms. The predicted molar refractivity (Wildman–Crippen MR) is 101 cm³/mol. The van der Waals surface area contributed by atoms with Gasteiger partial charge in [-0.2, -0.15) is 0 Å². The van der Waals surface area contributed by atoms with Crippen molar-refractivity contribution in [2.45, 2.75) is 46.8 Å². The third kappa shape index (κ3) is 5.04. The fourth-order valence-corrected chi connectivity index (χ4v) is 3.16. The molecular weight excluding hydrogens is 294 g/mol. The highest BCUT2D eigenvalue weighted by molar-refractivity contribution is 5.86. The summed E-state index contributed by atoms with van der Waals surface area (Å²) in [7, 11) is 0. The summed E-state index contributed by atoms with van der Waals surface area (Å²) in [6, 6.07) is 20.8. The third-order valence-electron chi connectivity index (χ3n) is 4.34. The van der Waals surface area contributed by atoms with Crippen LogP contribution in [0, 0.1) is 11.8 Å². The van der Waals surface area contributed by atoms with Crippen molar-refractivity contribution >= 4 is 5.78 Å². The van der Waals surface area contributed by atoms with Crippen LogP contribution >= 0.6 is 0 Å². The number of ketones is 1. The molecule has 1 unspecified atom stereocenters. The molecule has 0 aliphatic rings. The quantitative estimate of drug-likeness (QED) is 0.686.